The van der Waals surface area contributed by atoms with Crippen LogP contribution in [0.4, 0.5) is 5.82 Å². The minimum Gasteiger partial charge on any atom is -0.396 e. The number of nitrogens with zero attached hydrogens (tertiary/aromatic N) is 2. The Morgan fingerprint density at radius 3 is 3.10 bits per heavy atom. The zero-order valence-corrected chi connectivity index (χ0v) is 13.2. The first-order valence-corrected chi connectivity index (χ1v) is 7.71. The highest BCUT2D eigenvalue weighted by atomic mass is 79.9. The summed E-state index contributed by atoms with van der Waals surface area (Å²) in [6.07, 6.45) is 5.41. The summed E-state index contributed by atoms with van der Waals surface area (Å²) in [6, 6.07) is 1.93. The van der Waals surface area contributed by atoms with E-state index in [2.05, 4.69) is 26.2 Å². The van der Waals surface area contributed by atoms with Gasteiger partial charge in [-0.2, -0.15) is 0 Å². The minimum absolute atomic E-state index is 0.0127. The third-order valence-corrected chi connectivity index (χ3v) is 4.11. The third kappa shape index (κ3) is 3.30. The van der Waals surface area contributed by atoms with Crippen molar-refractivity contribution >= 4 is 27.7 Å². The van der Waals surface area contributed by atoms with Gasteiger partial charge in [0.1, 0.15) is 5.82 Å². The van der Waals surface area contributed by atoms with Crippen molar-refractivity contribution in [2.75, 3.05) is 25.5 Å². The molecule has 2 N–H and O–H groups in total. The number of rotatable bonds is 4. The second kappa shape index (κ2) is 7.04. The van der Waals surface area contributed by atoms with Gasteiger partial charge in [0.05, 0.1) is 5.56 Å². The molecule has 5 nitrogen and oxygen atoms in total. The van der Waals surface area contributed by atoms with Crippen molar-refractivity contribution in [2.45, 2.75) is 31.7 Å². The SMILES string of the molecule is CNc1ncc(Br)cc1C(=O)N1CCCCC1CCO. The number of hydrogen-bond acceptors (Lipinski definition) is 4. The van der Waals surface area contributed by atoms with Crippen molar-refractivity contribution < 1.29 is 9.90 Å². The van der Waals surface area contributed by atoms with Gasteiger partial charge < -0.3 is 15.3 Å². The predicted molar refractivity (Wildman–Crippen MR) is 81.9 cm³/mol. The van der Waals surface area contributed by atoms with Crippen LogP contribution in [0.25, 0.3) is 0 Å². The second-order valence-electron chi connectivity index (χ2n) is 4.96. The smallest absolute Gasteiger partial charge is 0.257 e. The molecule has 1 atom stereocenters. The number of pyridine rings is 1. The quantitative estimate of drug-likeness (QED) is 0.881. The van der Waals surface area contributed by atoms with Crippen LogP contribution in [-0.4, -0.2) is 47.1 Å². The van der Waals surface area contributed by atoms with Gasteiger partial charge in [-0.15, -0.1) is 0 Å². The molecule has 1 aliphatic heterocycles. The van der Waals surface area contributed by atoms with E-state index >= 15 is 0 Å². The van der Waals surface area contributed by atoms with E-state index < -0.39 is 0 Å². The lowest BCUT2D eigenvalue weighted by atomic mass is 9.98. The normalized spacial score (nSPS) is 18.9. The average molecular weight is 342 g/mol. The molecule has 0 spiro atoms. The van der Waals surface area contributed by atoms with Gasteiger partial charge in [0.2, 0.25) is 0 Å². The summed E-state index contributed by atoms with van der Waals surface area (Å²) in [5, 5.41) is 12.1. The van der Waals surface area contributed by atoms with Crippen LogP contribution in [0.2, 0.25) is 0 Å². The van der Waals surface area contributed by atoms with Crippen LogP contribution in [0, 0.1) is 0 Å². The molecule has 20 heavy (non-hydrogen) atoms. The number of nitrogens with one attached hydrogen (secondary N) is 1. The number of aliphatic hydroxyl groups excluding tert-OH is 1. The van der Waals surface area contributed by atoms with E-state index in [1.807, 2.05) is 4.90 Å². The third-order valence-electron chi connectivity index (χ3n) is 3.67. The molecule has 0 radical (unpaired) electrons. The van der Waals surface area contributed by atoms with E-state index in [0.29, 0.717) is 17.8 Å². The van der Waals surface area contributed by atoms with Crippen LogP contribution in [0.1, 0.15) is 36.0 Å². The Hall–Kier alpha value is -1.14. The van der Waals surface area contributed by atoms with Crippen LogP contribution in [0.5, 0.6) is 0 Å². The highest BCUT2D eigenvalue weighted by Gasteiger charge is 2.28. The zero-order chi connectivity index (χ0) is 14.5. The van der Waals surface area contributed by atoms with E-state index in [1.54, 1.807) is 19.3 Å². The first-order chi connectivity index (χ1) is 9.67. The monoisotopic (exact) mass is 341 g/mol. The van der Waals surface area contributed by atoms with E-state index in [1.165, 1.54) is 0 Å². The number of amides is 1. The summed E-state index contributed by atoms with van der Waals surface area (Å²) in [5.41, 5.74) is 0.576. The first kappa shape index (κ1) is 15.3. The molecule has 1 fully saturated rings. The molecule has 2 heterocycles. The number of anilines is 1. The van der Waals surface area contributed by atoms with Gasteiger partial charge >= 0.3 is 0 Å². The Morgan fingerprint density at radius 2 is 2.40 bits per heavy atom. The summed E-state index contributed by atoms with van der Waals surface area (Å²) in [4.78, 5) is 18.9. The maximum Gasteiger partial charge on any atom is 0.257 e. The van der Waals surface area contributed by atoms with Crippen molar-refractivity contribution in [1.29, 1.82) is 0 Å². The Morgan fingerprint density at radius 1 is 1.60 bits per heavy atom. The summed E-state index contributed by atoms with van der Waals surface area (Å²) < 4.78 is 0.788. The van der Waals surface area contributed by atoms with Gasteiger partial charge in [0.15, 0.2) is 0 Å². The molecule has 0 aliphatic carbocycles. The summed E-state index contributed by atoms with van der Waals surface area (Å²) >= 11 is 3.36. The molecule has 2 rings (SSSR count). The van der Waals surface area contributed by atoms with Crippen molar-refractivity contribution in [1.82, 2.24) is 9.88 Å². The number of carbonyl (C=O) groups is 1. The van der Waals surface area contributed by atoms with E-state index in [0.717, 1.165) is 30.3 Å². The highest BCUT2D eigenvalue weighted by molar-refractivity contribution is 9.10. The first-order valence-electron chi connectivity index (χ1n) is 6.92. The van der Waals surface area contributed by atoms with Gasteiger partial charge in [-0.1, -0.05) is 0 Å². The Labute approximate surface area is 127 Å². The van der Waals surface area contributed by atoms with Crippen molar-refractivity contribution in [3.63, 3.8) is 0 Å². The lowest BCUT2D eigenvalue weighted by molar-refractivity contribution is 0.0575. The van der Waals surface area contributed by atoms with Crippen LogP contribution in [-0.2, 0) is 0 Å². The molecule has 1 amide bonds. The van der Waals surface area contributed by atoms with Crippen LogP contribution < -0.4 is 5.32 Å². The maximum atomic E-state index is 12.8. The molecular weight excluding hydrogens is 322 g/mol. The Bertz CT molecular complexity index is 479. The van der Waals surface area contributed by atoms with Crippen molar-refractivity contribution in [2.24, 2.45) is 0 Å². The largest absolute Gasteiger partial charge is 0.396 e. The Kier molecular flexibility index (Phi) is 5.37. The summed E-state index contributed by atoms with van der Waals surface area (Å²) in [5.74, 6) is 0.577. The van der Waals surface area contributed by atoms with Crippen molar-refractivity contribution in [3.05, 3.63) is 22.3 Å². The van der Waals surface area contributed by atoms with Gasteiger partial charge in [0.25, 0.3) is 5.91 Å². The van der Waals surface area contributed by atoms with Crippen molar-refractivity contribution in [3.8, 4) is 0 Å². The molecule has 1 aromatic heterocycles. The number of aliphatic hydroxyl groups is 1. The molecule has 0 aromatic carbocycles. The fourth-order valence-corrected chi connectivity index (χ4v) is 3.00. The summed E-state index contributed by atoms with van der Waals surface area (Å²) in [6.45, 7) is 0.864. The van der Waals surface area contributed by atoms with E-state index in [4.69, 9.17) is 5.11 Å². The molecule has 110 valence electrons. The molecule has 1 unspecified atom stereocenters. The number of likely N-dealkylation sites (tertiary alicyclic amines) is 1. The average Bonchev–Trinajstić information content (AvgIpc) is 2.47. The zero-order valence-electron chi connectivity index (χ0n) is 11.6. The molecule has 6 heteroatoms. The van der Waals surface area contributed by atoms with Crippen LogP contribution in [0.3, 0.4) is 0 Å². The fourth-order valence-electron chi connectivity index (χ4n) is 2.67. The Balaban J connectivity index is 2.26. The van der Waals surface area contributed by atoms with Crippen LogP contribution >= 0.6 is 15.9 Å². The van der Waals surface area contributed by atoms with E-state index in [9.17, 15) is 4.79 Å². The summed E-state index contributed by atoms with van der Waals surface area (Å²) in [7, 11) is 1.76. The molecule has 0 bridgehead atoms. The number of hydrogen-bond donors (Lipinski definition) is 2. The standard InChI is InChI=1S/C14H20BrN3O2/c1-16-13-12(8-10(15)9-17-13)14(20)18-6-3-2-4-11(18)5-7-19/h8-9,11,19H,2-7H2,1H3,(H,16,17). The molecule has 1 aromatic rings. The maximum absolute atomic E-state index is 12.8. The number of halogens is 1. The molecular formula is C14H20BrN3O2. The fraction of sp³-hybridized carbons (Fsp3) is 0.571. The highest BCUT2D eigenvalue weighted by Crippen LogP contribution is 2.25. The number of piperidine rings is 1. The van der Waals surface area contributed by atoms with Gasteiger partial charge in [-0.05, 0) is 47.7 Å². The molecule has 0 saturated carbocycles. The number of carbonyl (C=O) groups excluding carboxylic acids is 1. The second-order valence-corrected chi connectivity index (χ2v) is 5.88. The lowest BCUT2D eigenvalue weighted by Gasteiger charge is -2.35. The number of aromatic nitrogens is 1. The minimum atomic E-state index is -0.0127. The molecule has 1 aliphatic rings. The predicted octanol–water partition coefficient (Wildman–Crippen LogP) is 2.26. The lowest BCUT2D eigenvalue weighted by Crippen LogP contribution is -2.44. The van der Waals surface area contributed by atoms with Gasteiger partial charge in [0, 0.05) is 36.9 Å². The van der Waals surface area contributed by atoms with Gasteiger partial charge in [-0.25, -0.2) is 4.98 Å². The van der Waals surface area contributed by atoms with Gasteiger partial charge in [-0.3, -0.25) is 4.79 Å². The molecule has 1 saturated heterocycles. The van der Waals surface area contributed by atoms with Crippen LogP contribution in [0.15, 0.2) is 16.7 Å². The van der Waals surface area contributed by atoms with E-state index in [-0.39, 0.29) is 18.6 Å². The topological polar surface area (TPSA) is 65.5 Å².